The molecule has 1 aromatic carbocycles. The first kappa shape index (κ1) is 12.3. The van der Waals surface area contributed by atoms with Crippen molar-refractivity contribution in [3.8, 4) is 5.75 Å². The van der Waals surface area contributed by atoms with Crippen molar-refractivity contribution >= 4 is 12.4 Å². The molecule has 2 fully saturated rings. The van der Waals surface area contributed by atoms with Gasteiger partial charge in [0.25, 0.3) is 0 Å². The fourth-order valence-electron chi connectivity index (χ4n) is 3.74. The second kappa shape index (κ2) is 4.74. The van der Waals surface area contributed by atoms with E-state index in [1.165, 1.54) is 38.5 Å². The van der Waals surface area contributed by atoms with Crippen LogP contribution in [0.4, 0.5) is 0 Å². The van der Waals surface area contributed by atoms with Crippen LogP contribution in [0.1, 0.15) is 38.5 Å². The zero-order chi connectivity index (χ0) is 12.6. The third kappa shape index (κ3) is 1.82. The van der Waals surface area contributed by atoms with Gasteiger partial charge in [0.2, 0.25) is 0 Å². The Morgan fingerprint density at radius 1 is 1.00 bits per heavy atom. The lowest BCUT2D eigenvalue weighted by atomic mass is 10.0. The summed E-state index contributed by atoms with van der Waals surface area (Å²) >= 11 is 0. The molecule has 1 aromatic rings. The minimum Gasteiger partial charge on any atom is -0.497 e. The molecule has 2 aliphatic heterocycles. The van der Waals surface area contributed by atoms with E-state index in [9.17, 15) is 4.57 Å². The maximum atomic E-state index is 13.5. The van der Waals surface area contributed by atoms with Crippen LogP contribution in [0.15, 0.2) is 24.3 Å². The molecule has 0 N–H and O–H groups in total. The fourth-order valence-corrected chi connectivity index (χ4v) is 7.99. The number of hydrogen-bond acceptors (Lipinski definition) is 2. The molecule has 0 aliphatic carbocycles. The van der Waals surface area contributed by atoms with Crippen LogP contribution in [0.25, 0.3) is 0 Å². The highest BCUT2D eigenvalue weighted by molar-refractivity contribution is 7.73. The normalized spacial score (nSPS) is 35.2. The molecular formula is C15H21O2P. The Morgan fingerprint density at radius 2 is 1.56 bits per heavy atom. The van der Waals surface area contributed by atoms with Gasteiger partial charge < -0.3 is 9.30 Å². The van der Waals surface area contributed by atoms with Crippen LogP contribution in [-0.4, -0.2) is 18.4 Å². The Balaban J connectivity index is 1.99. The molecule has 0 aromatic heterocycles. The molecule has 18 heavy (non-hydrogen) atoms. The predicted octanol–water partition coefficient (Wildman–Crippen LogP) is 3.79. The molecule has 0 saturated carbocycles. The van der Waals surface area contributed by atoms with Gasteiger partial charge in [-0.05, 0) is 49.9 Å². The van der Waals surface area contributed by atoms with E-state index in [2.05, 4.69) is 0 Å². The van der Waals surface area contributed by atoms with Gasteiger partial charge in [-0.1, -0.05) is 12.8 Å². The zero-order valence-electron chi connectivity index (χ0n) is 11.0. The Morgan fingerprint density at radius 3 is 2.06 bits per heavy atom. The van der Waals surface area contributed by atoms with E-state index < -0.39 is 7.14 Å². The average molecular weight is 264 g/mol. The van der Waals surface area contributed by atoms with Crippen molar-refractivity contribution in [1.82, 2.24) is 0 Å². The number of methoxy groups -OCH3 is 1. The first-order valence-electron chi connectivity index (χ1n) is 6.99. The highest BCUT2D eigenvalue weighted by Gasteiger charge is 2.47. The van der Waals surface area contributed by atoms with Crippen LogP contribution in [0.2, 0.25) is 0 Å². The molecule has 0 spiro atoms. The standard InChI is InChI=1S/C15H21O2P/c1-17-12-6-8-15(9-7-12)18(16)13-4-2-3-5-14(18)11-10-13/h6-9,13-14H,2-5,10-11H2,1H3. The monoisotopic (exact) mass is 264 g/mol. The van der Waals surface area contributed by atoms with Gasteiger partial charge in [-0.3, -0.25) is 0 Å². The van der Waals surface area contributed by atoms with E-state index >= 15 is 0 Å². The van der Waals surface area contributed by atoms with Crippen molar-refractivity contribution in [3.05, 3.63) is 24.3 Å². The van der Waals surface area contributed by atoms with Crippen LogP contribution in [0.5, 0.6) is 5.75 Å². The molecule has 98 valence electrons. The van der Waals surface area contributed by atoms with E-state index in [0.717, 1.165) is 11.1 Å². The lowest BCUT2D eigenvalue weighted by molar-refractivity contribution is 0.415. The first-order valence-corrected chi connectivity index (χ1v) is 8.83. The van der Waals surface area contributed by atoms with Crippen LogP contribution in [0, 0.1) is 0 Å². The van der Waals surface area contributed by atoms with E-state index in [-0.39, 0.29) is 0 Å². The van der Waals surface area contributed by atoms with E-state index in [4.69, 9.17) is 4.74 Å². The van der Waals surface area contributed by atoms with Crippen molar-refractivity contribution in [2.24, 2.45) is 0 Å². The number of hydrogen-bond donors (Lipinski definition) is 0. The molecule has 3 heteroatoms. The lowest BCUT2D eigenvalue weighted by Gasteiger charge is -2.24. The van der Waals surface area contributed by atoms with Gasteiger partial charge in [-0.15, -0.1) is 0 Å². The molecule has 2 atom stereocenters. The van der Waals surface area contributed by atoms with Crippen LogP contribution in [-0.2, 0) is 4.57 Å². The second-order valence-electron chi connectivity index (χ2n) is 5.58. The maximum absolute atomic E-state index is 13.5. The lowest BCUT2D eigenvalue weighted by Crippen LogP contribution is -2.17. The Labute approximate surface area is 109 Å². The molecule has 0 radical (unpaired) electrons. The van der Waals surface area contributed by atoms with Crippen molar-refractivity contribution in [3.63, 3.8) is 0 Å². The van der Waals surface area contributed by atoms with Crippen LogP contribution >= 0.6 is 7.14 Å². The molecule has 3 rings (SSSR count). The number of rotatable bonds is 2. The van der Waals surface area contributed by atoms with Crippen LogP contribution in [0.3, 0.4) is 0 Å². The summed E-state index contributed by atoms with van der Waals surface area (Å²) in [5.74, 6) is 0.854. The van der Waals surface area contributed by atoms with Crippen molar-refractivity contribution in [2.75, 3.05) is 7.11 Å². The molecule has 2 aliphatic rings. The highest BCUT2D eigenvalue weighted by Crippen LogP contribution is 2.66. The summed E-state index contributed by atoms with van der Waals surface area (Å²) in [5, 5.41) is 1.10. The van der Waals surface area contributed by atoms with Gasteiger partial charge in [0.15, 0.2) is 0 Å². The van der Waals surface area contributed by atoms with Gasteiger partial charge in [-0.2, -0.15) is 0 Å². The second-order valence-corrected chi connectivity index (χ2v) is 8.97. The summed E-state index contributed by atoms with van der Waals surface area (Å²) in [7, 11) is -0.493. The van der Waals surface area contributed by atoms with Crippen LogP contribution < -0.4 is 10.0 Å². The Hall–Kier alpha value is -0.750. The van der Waals surface area contributed by atoms with Crippen molar-refractivity contribution in [2.45, 2.75) is 49.8 Å². The van der Waals surface area contributed by atoms with Gasteiger partial charge >= 0.3 is 0 Å². The third-order valence-corrected chi connectivity index (χ3v) is 9.03. The summed E-state index contributed by atoms with van der Waals surface area (Å²) < 4.78 is 18.7. The largest absolute Gasteiger partial charge is 0.497 e. The third-order valence-electron chi connectivity index (χ3n) is 4.72. The predicted molar refractivity (Wildman–Crippen MR) is 75.5 cm³/mol. The quantitative estimate of drug-likeness (QED) is 0.760. The highest BCUT2D eigenvalue weighted by atomic mass is 31.2. The van der Waals surface area contributed by atoms with Crippen molar-refractivity contribution in [1.29, 1.82) is 0 Å². The summed E-state index contributed by atoms with van der Waals surface area (Å²) in [6.07, 6.45) is 7.21. The van der Waals surface area contributed by atoms with E-state index in [0.29, 0.717) is 11.3 Å². The van der Waals surface area contributed by atoms with Gasteiger partial charge in [0, 0.05) is 16.6 Å². The Bertz CT molecular complexity index is 448. The number of ether oxygens (including phenoxy) is 1. The summed E-state index contributed by atoms with van der Waals surface area (Å²) in [6, 6.07) is 7.99. The fraction of sp³-hybridized carbons (Fsp3) is 0.600. The van der Waals surface area contributed by atoms with Crippen molar-refractivity contribution < 1.29 is 9.30 Å². The topological polar surface area (TPSA) is 26.3 Å². The molecule has 2 unspecified atom stereocenters. The molecule has 2 heterocycles. The van der Waals surface area contributed by atoms with Gasteiger partial charge in [0.1, 0.15) is 12.9 Å². The summed E-state index contributed by atoms with van der Waals surface area (Å²) in [4.78, 5) is 0. The minimum atomic E-state index is -2.17. The minimum absolute atomic E-state index is 0.457. The zero-order valence-corrected chi connectivity index (χ0v) is 11.9. The summed E-state index contributed by atoms with van der Waals surface area (Å²) in [6.45, 7) is 0. The van der Waals surface area contributed by atoms with Gasteiger partial charge in [0.05, 0.1) is 7.11 Å². The summed E-state index contributed by atoms with van der Waals surface area (Å²) in [5.41, 5.74) is 0.914. The number of fused-ring (bicyclic) bond motifs is 2. The molecule has 0 amide bonds. The molecule has 2 saturated heterocycles. The SMILES string of the molecule is COc1ccc(P2(=O)C3CCCCC2CC3)cc1. The van der Waals surface area contributed by atoms with E-state index in [1.54, 1.807) is 7.11 Å². The van der Waals surface area contributed by atoms with Gasteiger partial charge in [-0.25, -0.2) is 0 Å². The smallest absolute Gasteiger partial charge is 0.121 e. The first-order chi connectivity index (χ1) is 8.75. The molecular weight excluding hydrogens is 243 g/mol. The molecule has 2 bridgehead atoms. The Kier molecular flexibility index (Phi) is 3.23. The maximum Gasteiger partial charge on any atom is 0.121 e. The average Bonchev–Trinajstić information content (AvgIpc) is 2.59. The number of benzene rings is 1. The molecule has 2 nitrogen and oxygen atoms in total. The van der Waals surface area contributed by atoms with E-state index in [1.807, 2.05) is 24.3 Å².